The van der Waals surface area contributed by atoms with Crippen LogP contribution in [-0.4, -0.2) is 142 Å². The van der Waals surface area contributed by atoms with Crippen LogP contribution in [-0.2, 0) is 38.0 Å². The summed E-state index contributed by atoms with van der Waals surface area (Å²) in [5.41, 5.74) is 0. The zero-order valence-corrected chi connectivity index (χ0v) is 45.9. The van der Waals surface area contributed by atoms with Gasteiger partial charge in [0.1, 0.15) is 55.4 Å². The highest BCUT2D eigenvalue weighted by molar-refractivity contribution is 5.70. The molecule has 15 heteroatoms. The molecular formula is C58H108O15. The first-order chi connectivity index (χ1) is 35.5. The Hall–Kier alpha value is -1.76. The Morgan fingerprint density at radius 2 is 0.781 bits per heavy atom. The van der Waals surface area contributed by atoms with Gasteiger partial charge in [-0.3, -0.25) is 9.59 Å². The molecule has 2 saturated heterocycles. The highest BCUT2D eigenvalue weighted by Gasteiger charge is 2.47. The summed E-state index contributed by atoms with van der Waals surface area (Å²) < 4.78 is 33.7. The smallest absolute Gasteiger partial charge is 0.306 e. The van der Waals surface area contributed by atoms with E-state index in [9.17, 15) is 45.3 Å². The number of aliphatic hydroxyl groups is 7. The Morgan fingerprint density at radius 3 is 1.21 bits per heavy atom. The van der Waals surface area contributed by atoms with Crippen molar-refractivity contribution in [1.82, 2.24) is 0 Å². The van der Waals surface area contributed by atoms with E-state index >= 15 is 0 Å². The molecule has 430 valence electrons. The molecule has 0 aromatic heterocycles. The SMILES string of the molecule is CCCCCCCC/C=C/CCCCCCCC(=O)O[C@@H](COC(=O)CCCCCCCCCCCCCCCCCCCCCCCC)CO[C@@H]1O[C@H](CO[C@@H]2O[C@H](CO)[C@H](O)C(O)C2O)[C@H](O)C(O)C1O. The third kappa shape index (κ3) is 32.6. The van der Waals surface area contributed by atoms with Crippen molar-refractivity contribution in [2.24, 2.45) is 0 Å². The molecule has 0 radical (unpaired) electrons. The third-order valence-electron chi connectivity index (χ3n) is 14.5. The van der Waals surface area contributed by atoms with Crippen molar-refractivity contribution in [3.05, 3.63) is 12.2 Å². The van der Waals surface area contributed by atoms with E-state index in [1.54, 1.807) is 0 Å². The first-order valence-corrected chi connectivity index (χ1v) is 29.8. The predicted molar refractivity (Wildman–Crippen MR) is 285 cm³/mol. The van der Waals surface area contributed by atoms with Crippen LogP contribution in [0.15, 0.2) is 12.2 Å². The number of aliphatic hydroxyl groups excluding tert-OH is 7. The predicted octanol–water partition coefficient (Wildman–Crippen LogP) is 10.1. The van der Waals surface area contributed by atoms with Gasteiger partial charge in [-0.25, -0.2) is 0 Å². The van der Waals surface area contributed by atoms with Gasteiger partial charge in [-0.05, 0) is 38.5 Å². The van der Waals surface area contributed by atoms with Gasteiger partial charge in [0.15, 0.2) is 18.7 Å². The van der Waals surface area contributed by atoms with Crippen molar-refractivity contribution in [2.75, 3.05) is 26.4 Å². The van der Waals surface area contributed by atoms with Crippen LogP contribution >= 0.6 is 0 Å². The number of ether oxygens (including phenoxy) is 6. The molecule has 0 aromatic rings. The van der Waals surface area contributed by atoms with Gasteiger partial charge in [0.05, 0.1) is 19.8 Å². The number of esters is 2. The fourth-order valence-corrected chi connectivity index (χ4v) is 9.63. The van der Waals surface area contributed by atoms with Crippen LogP contribution < -0.4 is 0 Å². The van der Waals surface area contributed by atoms with Gasteiger partial charge in [-0.1, -0.05) is 212 Å². The molecule has 0 amide bonds. The molecular weight excluding hydrogens is 937 g/mol. The highest BCUT2D eigenvalue weighted by atomic mass is 16.7. The molecule has 2 rings (SSSR count). The molecule has 0 aliphatic carbocycles. The van der Waals surface area contributed by atoms with E-state index in [4.69, 9.17) is 28.4 Å². The lowest BCUT2D eigenvalue weighted by Crippen LogP contribution is -2.61. The van der Waals surface area contributed by atoms with E-state index in [-0.39, 0.29) is 26.1 Å². The summed E-state index contributed by atoms with van der Waals surface area (Å²) in [4.78, 5) is 25.9. The molecule has 0 aromatic carbocycles. The van der Waals surface area contributed by atoms with Gasteiger partial charge >= 0.3 is 11.9 Å². The molecule has 2 heterocycles. The highest BCUT2D eigenvalue weighted by Crippen LogP contribution is 2.27. The quantitative estimate of drug-likeness (QED) is 0.0171. The number of hydrogen-bond donors (Lipinski definition) is 7. The first-order valence-electron chi connectivity index (χ1n) is 29.8. The number of unbranched alkanes of at least 4 members (excludes halogenated alkanes) is 32. The Balaban J connectivity index is 1.72. The molecule has 7 N–H and O–H groups in total. The number of rotatable bonds is 48. The average Bonchev–Trinajstić information content (AvgIpc) is 3.38. The van der Waals surface area contributed by atoms with Gasteiger partial charge in [-0.15, -0.1) is 0 Å². The number of carbonyl (C=O) groups excluding carboxylic acids is 2. The summed E-state index contributed by atoms with van der Waals surface area (Å²) in [6.07, 6.45) is 30.9. The van der Waals surface area contributed by atoms with Crippen molar-refractivity contribution >= 4 is 11.9 Å². The van der Waals surface area contributed by atoms with Crippen LogP contribution in [0.25, 0.3) is 0 Å². The minimum Gasteiger partial charge on any atom is -0.462 e. The summed E-state index contributed by atoms with van der Waals surface area (Å²) in [6.45, 7) is 2.63. The maximum Gasteiger partial charge on any atom is 0.306 e. The van der Waals surface area contributed by atoms with E-state index < -0.39 is 92.7 Å². The van der Waals surface area contributed by atoms with E-state index in [2.05, 4.69) is 26.0 Å². The molecule has 0 bridgehead atoms. The minimum atomic E-state index is -1.76. The summed E-state index contributed by atoms with van der Waals surface area (Å²) in [6, 6.07) is 0. The van der Waals surface area contributed by atoms with Crippen LogP contribution in [0.2, 0.25) is 0 Å². The Bertz CT molecular complexity index is 1320. The third-order valence-corrected chi connectivity index (χ3v) is 14.5. The summed E-state index contributed by atoms with van der Waals surface area (Å²) in [5, 5.41) is 72.3. The van der Waals surface area contributed by atoms with E-state index in [0.29, 0.717) is 12.8 Å². The molecule has 2 fully saturated rings. The van der Waals surface area contributed by atoms with Crippen molar-refractivity contribution < 1.29 is 73.8 Å². The van der Waals surface area contributed by atoms with Crippen LogP contribution in [0, 0.1) is 0 Å². The second-order valence-electron chi connectivity index (χ2n) is 21.2. The van der Waals surface area contributed by atoms with Gasteiger partial charge in [0.2, 0.25) is 0 Å². The Labute approximate surface area is 441 Å². The summed E-state index contributed by atoms with van der Waals surface area (Å²) in [5.74, 6) is -0.919. The topological polar surface area (TPSA) is 231 Å². The molecule has 2 aliphatic rings. The van der Waals surface area contributed by atoms with E-state index in [1.807, 2.05) is 0 Å². The molecule has 15 nitrogen and oxygen atoms in total. The van der Waals surface area contributed by atoms with Crippen molar-refractivity contribution in [2.45, 2.75) is 319 Å². The monoisotopic (exact) mass is 1040 g/mol. The standard InChI is InChI=1S/C58H108O15/c1-3-5-7-9-11-13-15-17-19-20-21-22-23-24-25-27-28-30-32-34-36-38-40-49(60)68-43-46(71-50(61)41-39-37-35-33-31-29-26-18-16-14-12-10-8-6-4-2)44-69-57-56(67)54(65)52(63)48(73-57)45-70-58-55(66)53(64)51(62)47(42-59)72-58/h18,26,46-48,51-59,62-67H,3-17,19-25,27-45H2,1-2H3/b26-18+/t46-,47+,48+,51-,52-,53?,54?,55?,56?,57+,58+/m0/s1. The maximum atomic E-state index is 13.0. The van der Waals surface area contributed by atoms with Gasteiger partial charge in [0.25, 0.3) is 0 Å². The minimum absolute atomic E-state index is 0.160. The van der Waals surface area contributed by atoms with Crippen LogP contribution in [0.1, 0.15) is 251 Å². The molecule has 4 unspecified atom stereocenters. The molecule has 73 heavy (non-hydrogen) atoms. The van der Waals surface area contributed by atoms with Gasteiger partial charge in [0, 0.05) is 12.8 Å². The largest absolute Gasteiger partial charge is 0.462 e. The lowest BCUT2D eigenvalue weighted by atomic mass is 9.98. The summed E-state index contributed by atoms with van der Waals surface area (Å²) in [7, 11) is 0. The second-order valence-corrected chi connectivity index (χ2v) is 21.2. The zero-order valence-electron chi connectivity index (χ0n) is 45.9. The molecule has 2 aliphatic heterocycles. The van der Waals surface area contributed by atoms with E-state index in [0.717, 1.165) is 57.8 Å². The van der Waals surface area contributed by atoms with Gasteiger partial charge in [-0.2, -0.15) is 0 Å². The van der Waals surface area contributed by atoms with Crippen LogP contribution in [0.5, 0.6) is 0 Å². The van der Waals surface area contributed by atoms with Crippen LogP contribution in [0.3, 0.4) is 0 Å². The number of hydrogen-bond acceptors (Lipinski definition) is 15. The maximum absolute atomic E-state index is 13.0. The normalized spacial score (nSPS) is 24.8. The number of carbonyl (C=O) groups is 2. The lowest BCUT2D eigenvalue weighted by Gasteiger charge is -2.42. The average molecular weight is 1050 g/mol. The molecule has 0 saturated carbocycles. The van der Waals surface area contributed by atoms with Crippen LogP contribution in [0.4, 0.5) is 0 Å². The van der Waals surface area contributed by atoms with E-state index in [1.165, 1.54) is 154 Å². The Kier molecular flexibility index (Phi) is 41.8. The lowest BCUT2D eigenvalue weighted by molar-refractivity contribution is -0.332. The van der Waals surface area contributed by atoms with Crippen molar-refractivity contribution in [3.63, 3.8) is 0 Å². The summed E-state index contributed by atoms with van der Waals surface area (Å²) >= 11 is 0. The second kappa shape index (κ2) is 45.3. The first kappa shape index (κ1) is 67.3. The van der Waals surface area contributed by atoms with Gasteiger partial charge < -0.3 is 64.2 Å². The fraction of sp³-hybridized carbons (Fsp3) is 0.931. The number of allylic oxidation sites excluding steroid dienone is 2. The molecule has 0 spiro atoms. The van der Waals surface area contributed by atoms with Crippen molar-refractivity contribution in [3.8, 4) is 0 Å². The fourth-order valence-electron chi connectivity index (χ4n) is 9.63. The molecule has 11 atom stereocenters. The van der Waals surface area contributed by atoms with Crippen molar-refractivity contribution in [1.29, 1.82) is 0 Å². The zero-order chi connectivity index (χ0) is 53.2. The Morgan fingerprint density at radius 1 is 0.425 bits per heavy atom.